The topological polar surface area (TPSA) is 64.8 Å². The van der Waals surface area contributed by atoms with Crippen molar-refractivity contribution in [3.05, 3.63) is 20.8 Å². The van der Waals surface area contributed by atoms with Crippen molar-refractivity contribution >= 4 is 17.1 Å². The summed E-state index contributed by atoms with van der Waals surface area (Å²) in [6, 6.07) is 1.13. The molecule has 0 amide bonds. The Kier molecular flexibility index (Phi) is 2.41. The molecule has 2 fully saturated rings. The standard InChI is InChI=1S/C14H19N5O2/c1-16-10-11(17(2)14(21)18(3)12(10)20)15-13(16)19-8-6-4-5-7-9(8)19/h8-9H,4-7H2,1-3H3. The molecule has 0 radical (unpaired) electrons. The van der Waals surface area contributed by atoms with Gasteiger partial charge in [-0.1, -0.05) is 12.8 Å². The number of hydrogen-bond acceptors (Lipinski definition) is 4. The summed E-state index contributed by atoms with van der Waals surface area (Å²) in [4.78, 5) is 31.3. The van der Waals surface area contributed by atoms with Gasteiger partial charge in [-0.25, -0.2) is 4.79 Å². The Labute approximate surface area is 121 Å². The number of rotatable bonds is 1. The molecule has 2 aromatic rings. The normalized spacial score (nSPS) is 24.4. The van der Waals surface area contributed by atoms with Gasteiger partial charge in [0.05, 0.1) is 12.1 Å². The molecule has 0 N–H and O–H groups in total. The molecular formula is C14H19N5O2. The van der Waals surface area contributed by atoms with Crippen molar-refractivity contribution in [2.45, 2.75) is 37.8 Å². The lowest BCUT2D eigenvalue weighted by Gasteiger charge is -2.05. The van der Waals surface area contributed by atoms with Crippen molar-refractivity contribution in [1.29, 1.82) is 0 Å². The van der Waals surface area contributed by atoms with Gasteiger partial charge in [0.25, 0.3) is 5.56 Å². The predicted molar refractivity (Wildman–Crippen MR) is 79.7 cm³/mol. The predicted octanol–water partition coefficient (Wildman–Crippen LogP) is 0.102. The maximum Gasteiger partial charge on any atom is 0.332 e. The highest BCUT2D eigenvalue weighted by Crippen LogP contribution is 2.43. The van der Waals surface area contributed by atoms with Gasteiger partial charge in [0, 0.05) is 21.1 Å². The molecule has 3 heterocycles. The molecular weight excluding hydrogens is 270 g/mol. The molecule has 0 aromatic carbocycles. The quantitative estimate of drug-likeness (QED) is 0.699. The Balaban J connectivity index is 1.95. The van der Waals surface area contributed by atoms with Crippen molar-refractivity contribution in [2.75, 3.05) is 4.90 Å². The fraction of sp³-hybridized carbons (Fsp3) is 0.643. The molecule has 1 saturated carbocycles. The Bertz CT molecular complexity index is 847. The minimum atomic E-state index is -0.333. The number of aryl methyl sites for hydroxylation is 2. The third-order valence-electron chi connectivity index (χ3n) is 5.00. The first-order valence-electron chi connectivity index (χ1n) is 7.43. The van der Waals surface area contributed by atoms with Gasteiger partial charge in [-0.3, -0.25) is 13.9 Å². The lowest BCUT2D eigenvalue weighted by atomic mass is 10.0. The van der Waals surface area contributed by atoms with Crippen LogP contribution < -0.4 is 16.1 Å². The molecule has 2 aliphatic rings. The highest BCUT2D eigenvalue weighted by molar-refractivity contribution is 5.75. The average molecular weight is 289 g/mol. The van der Waals surface area contributed by atoms with Crippen molar-refractivity contribution in [2.24, 2.45) is 21.1 Å². The number of anilines is 1. The van der Waals surface area contributed by atoms with Crippen LogP contribution in [-0.4, -0.2) is 30.8 Å². The Morgan fingerprint density at radius 2 is 1.57 bits per heavy atom. The summed E-state index contributed by atoms with van der Waals surface area (Å²) >= 11 is 0. The van der Waals surface area contributed by atoms with Crippen molar-refractivity contribution < 1.29 is 0 Å². The second-order valence-electron chi connectivity index (χ2n) is 6.18. The second-order valence-corrected chi connectivity index (χ2v) is 6.18. The van der Waals surface area contributed by atoms with E-state index < -0.39 is 0 Å². The number of aromatic nitrogens is 4. The monoisotopic (exact) mass is 289 g/mol. The van der Waals surface area contributed by atoms with Gasteiger partial charge in [-0.2, -0.15) is 4.98 Å². The third-order valence-corrected chi connectivity index (χ3v) is 5.00. The summed E-state index contributed by atoms with van der Waals surface area (Å²) in [7, 11) is 5.03. The van der Waals surface area contributed by atoms with Crippen LogP contribution in [0.4, 0.5) is 5.95 Å². The van der Waals surface area contributed by atoms with Crippen LogP contribution in [0.3, 0.4) is 0 Å². The molecule has 2 aromatic heterocycles. The molecule has 0 bridgehead atoms. The molecule has 21 heavy (non-hydrogen) atoms. The van der Waals surface area contributed by atoms with Crippen molar-refractivity contribution in [3.63, 3.8) is 0 Å². The number of imidazole rings is 1. The van der Waals surface area contributed by atoms with E-state index in [9.17, 15) is 9.59 Å². The van der Waals surface area contributed by atoms with E-state index >= 15 is 0 Å². The highest BCUT2D eigenvalue weighted by atomic mass is 16.2. The van der Waals surface area contributed by atoms with E-state index in [1.807, 2.05) is 11.6 Å². The fourth-order valence-corrected chi connectivity index (χ4v) is 3.74. The van der Waals surface area contributed by atoms with Gasteiger partial charge in [-0.05, 0) is 12.8 Å². The van der Waals surface area contributed by atoms with E-state index in [-0.39, 0.29) is 11.2 Å². The van der Waals surface area contributed by atoms with E-state index in [1.165, 1.54) is 37.3 Å². The van der Waals surface area contributed by atoms with Crippen LogP contribution in [0, 0.1) is 0 Å². The van der Waals surface area contributed by atoms with Crippen LogP contribution in [0.1, 0.15) is 25.7 Å². The molecule has 0 spiro atoms. The molecule has 1 saturated heterocycles. The summed E-state index contributed by atoms with van der Waals surface area (Å²) in [5.74, 6) is 0.820. The lowest BCUT2D eigenvalue weighted by molar-refractivity contribution is 0.571. The Hall–Kier alpha value is -2.05. The van der Waals surface area contributed by atoms with Crippen LogP contribution in [-0.2, 0) is 21.1 Å². The molecule has 7 heteroatoms. The van der Waals surface area contributed by atoms with Crippen molar-refractivity contribution in [3.8, 4) is 0 Å². The maximum atomic E-state index is 12.4. The van der Waals surface area contributed by atoms with Crippen LogP contribution in [0.15, 0.2) is 9.59 Å². The van der Waals surface area contributed by atoms with Gasteiger partial charge in [0.15, 0.2) is 11.2 Å². The molecule has 2 unspecified atom stereocenters. The number of nitrogens with zero attached hydrogens (tertiary/aromatic N) is 5. The minimum Gasteiger partial charge on any atom is -0.332 e. The molecule has 112 valence electrons. The lowest BCUT2D eigenvalue weighted by Crippen LogP contribution is -2.37. The molecule has 2 atom stereocenters. The number of hydrogen-bond donors (Lipinski definition) is 0. The average Bonchev–Trinajstić information content (AvgIpc) is 3.11. The van der Waals surface area contributed by atoms with Crippen LogP contribution >= 0.6 is 0 Å². The summed E-state index contributed by atoms with van der Waals surface area (Å²) in [5.41, 5.74) is 0.363. The van der Waals surface area contributed by atoms with Gasteiger partial charge < -0.3 is 9.47 Å². The molecule has 1 aliphatic carbocycles. The van der Waals surface area contributed by atoms with Gasteiger partial charge in [0.1, 0.15) is 0 Å². The van der Waals surface area contributed by atoms with Crippen molar-refractivity contribution in [1.82, 2.24) is 18.7 Å². The van der Waals surface area contributed by atoms with E-state index in [1.54, 1.807) is 7.05 Å². The molecule has 7 nitrogen and oxygen atoms in total. The summed E-state index contributed by atoms with van der Waals surface area (Å²) in [6.07, 6.45) is 4.93. The van der Waals surface area contributed by atoms with Crippen LogP contribution in [0.25, 0.3) is 11.2 Å². The first kappa shape index (κ1) is 12.7. The summed E-state index contributed by atoms with van der Waals surface area (Å²) < 4.78 is 4.44. The minimum absolute atomic E-state index is 0.279. The van der Waals surface area contributed by atoms with E-state index in [0.717, 1.165) is 10.5 Å². The van der Waals surface area contributed by atoms with E-state index in [2.05, 4.69) is 9.88 Å². The second kappa shape index (κ2) is 3.99. The fourth-order valence-electron chi connectivity index (χ4n) is 3.74. The zero-order valence-electron chi connectivity index (χ0n) is 12.5. The van der Waals surface area contributed by atoms with Gasteiger partial charge in [-0.15, -0.1) is 0 Å². The first-order chi connectivity index (χ1) is 10.0. The van der Waals surface area contributed by atoms with Crippen LogP contribution in [0.2, 0.25) is 0 Å². The smallest absolute Gasteiger partial charge is 0.332 e. The zero-order chi connectivity index (χ0) is 14.9. The van der Waals surface area contributed by atoms with E-state index in [0.29, 0.717) is 23.2 Å². The summed E-state index contributed by atoms with van der Waals surface area (Å²) in [6.45, 7) is 0. The molecule has 1 aliphatic heterocycles. The summed E-state index contributed by atoms with van der Waals surface area (Å²) in [5, 5.41) is 0. The van der Waals surface area contributed by atoms with Gasteiger partial charge in [0.2, 0.25) is 5.95 Å². The SMILES string of the molecule is Cn1c(=O)c2c(nc(N3C4CCCCC43)n2C)n(C)c1=O. The maximum absolute atomic E-state index is 12.4. The Morgan fingerprint density at radius 1 is 0.952 bits per heavy atom. The third kappa shape index (κ3) is 1.51. The van der Waals surface area contributed by atoms with Gasteiger partial charge >= 0.3 is 5.69 Å². The highest BCUT2D eigenvalue weighted by Gasteiger charge is 2.50. The molecule has 4 rings (SSSR count). The zero-order valence-corrected chi connectivity index (χ0v) is 12.5. The Morgan fingerprint density at radius 3 is 2.19 bits per heavy atom. The van der Waals surface area contributed by atoms with Crippen LogP contribution in [0.5, 0.6) is 0 Å². The van der Waals surface area contributed by atoms with E-state index in [4.69, 9.17) is 0 Å². The first-order valence-corrected chi connectivity index (χ1v) is 7.43. The number of fused-ring (bicyclic) bond motifs is 2. The largest absolute Gasteiger partial charge is 0.332 e.